The standard InChI is InChI=1S/C18H29FN2/c1-6-16-11-20-17(18(3,4)5)12-21(16)13(2)14-8-7-9-15(19)10-14/h7-10,13,16-17,20H,6,11-12H2,1-5H3. The van der Waals surface area contributed by atoms with Crippen LogP contribution >= 0.6 is 0 Å². The molecule has 0 spiro atoms. The van der Waals surface area contributed by atoms with Gasteiger partial charge in [-0.2, -0.15) is 0 Å². The van der Waals surface area contributed by atoms with Crippen LogP contribution in [-0.4, -0.2) is 30.1 Å². The van der Waals surface area contributed by atoms with Crippen molar-refractivity contribution in [2.45, 2.75) is 59.2 Å². The first-order chi connectivity index (χ1) is 9.82. The zero-order valence-corrected chi connectivity index (χ0v) is 14.0. The van der Waals surface area contributed by atoms with E-state index in [4.69, 9.17) is 0 Å². The van der Waals surface area contributed by atoms with Gasteiger partial charge in [0.25, 0.3) is 0 Å². The first kappa shape index (κ1) is 16.4. The molecule has 2 nitrogen and oxygen atoms in total. The van der Waals surface area contributed by atoms with E-state index in [1.54, 1.807) is 6.07 Å². The van der Waals surface area contributed by atoms with Crippen LogP contribution in [0.15, 0.2) is 24.3 Å². The van der Waals surface area contributed by atoms with Crippen LogP contribution in [0.3, 0.4) is 0 Å². The number of halogens is 1. The Labute approximate surface area is 128 Å². The Morgan fingerprint density at radius 3 is 2.67 bits per heavy atom. The Balaban J connectivity index is 2.20. The summed E-state index contributed by atoms with van der Waals surface area (Å²) >= 11 is 0. The van der Waals surface area contributed by atoms with E-state index in [0.29, 0.717) is 12.1 Å². The molecule has 1 aromatic carbocycles. The quantitative estimate of drug-likeness (QED) is 0.906. The summed E-state index contributed by atoms with van der Waals surface area (Å²) in [6, 6.07) is 8.27. The fourth-order valence-corrected chi connectivity index (χ4v) is 3.21. The minimum atomic E-state index is -0.144. The zero-order valence-electron chi connectivity index (χ0n) is 14.0. The molecule has 0 bridgehead atoms. The van der Waals surface area contributed by atoms with Crippen LogP contribution < -0.4 is 5.32 Å². The van der Waals surface area contributed by atoms with Crippen molar-refractivity contribution in [3.63, 3.8) is 0 Å². The third-order valence-electron chi connectivity index (χ3n) is 4.81. The van der Waals surface area contributed by atoms with Crippen LogP contribution in [0.2, 0.25) is 0 Å². The monoisotopic (exact) mass is 292 g/mol. The Bertz CT molecular complexity index is 467. The number of nitrogens with zero attached hydrogens (tertiary/aromatic N) is 1. The molecule has 0 aromatic heterocycles. The highest BCUT2D eigenvalue weighted by molar-refractivity contribution is 5.20. The van der Waals surface area contributed by atoms with Crippen LogP contribution in [0.5, 0.6) is 0 Å². The van der Waals surface area contributed by atoms with Gasteiger partial charge in [0.2, 0.25) is 0 Å². The Hall–Kier alpha value is -0.930. The second-order valence-electron chi connectivity index (χ2n) is 7.32. The van der Waals surface area contributed by atoms with Crippen LogP contribution in [0.1, 0.15) is 52.6 Å². The molecule has 1 aliphatic heterocycles. The summed E-state index contributed by atoms with van der Waals surface area (Å²) in [4.78, 5) is 2.54. The lowest BCUT2D eigenvalue weighted by molar-refractivity contribution is 0.0529. The molecule has 0 saturated carbocycles. The van der Waals surface area contributed by atoms with Gasteiger partial charge in [-0.25, -0.2) is 4.39 Å². The molecule has 1 fully saturated rings. The SMILES string of the molecule is CCC1CNC(C(C)(C)C)CN1C(C)c1cccc(F)c1. The smallest absolute Gasteiger partial charge is 0.123 e. The van der Waals surface area contributed by atoms with Crippen LogP contribution in [0.25, 0.3) is 0 Å². The van der Waals surface area contributed by atoms with Crippen molar-refractivity contribution in [2.24, 2.45) is 5.41 Å². The lowest BCUT2D eigenvalue weighted by atomic mass is 9.84. The molecule has 3 heteroatoms. The topological polar surface area (TPSA) is 15.3 Å². The summed E-state index contributed by atoms with van der Waals surface area (Å²) in [6.45, 7) is 13.3. The molecule has 1 N–H and O–H groups in total. The maximum absolute atomic E-state index is 13.5. The number of hydrogen-bond acceptors (Lipinski definition) is 2. The van der Waals surface area contributed by atoms with Gasteiger partial charge in [-0.05, 0) is 36.5 Å². The van der Waals surface area contributed by atoms with Crippen molar-refractivity contribution >= 4 is 0 Å². The van der Waals surface area contributed by atoms with Gasteiger partial charge in [-0.1, -0.05) is 39.8 Å². The molecule has 3 unspecified atom stereocenters. The Morgan fingerprint density at radius 2 is 2.10 bits per heavy atom. The average molecular weight is 292 g/mol. The summed E-state index contributed by atoms with van der Waals surface area (Å²) in [5.41, 5.74) is 1.31. The van der Waals surface area contributed by atoms with Crippen molar-refractivity contribution in [1.29, 1.82) is 0 Å². The molecular formula is C18H29FN2. The summed E-state index contributed by atoms with van der Waals surface area (Å²) in [5, 5.41) is 3.69. The number of hydrogen-bond donors (Lipinski definition) is 1. The molecule has 1 heterocycles. The molecule has 118 valence electrons. The van der Waals surface area contributed by atoms with Crippen molar-refractivity contribution in [1.82, 2.24) is 10.2 Å². The first-order valence-electron chi connectivity index (χ1n) is 8.07. The summed E-state index contributed by atoms with van der Waals surface area (Å²) in [7, 11) is 0. The van der Waals surface area contributed by atoms with Gasteiger partial charge in [0, 0.05) is 31.2 Å². The molecule has 0 radical (unpaired) electrons. The molecule has 0 amide bonds. The predicted molar refractivity (Wildman–Crippen MR) is 86.8 cm³/mol. The highest BCUT2D eigenvalue weighted by Gasteiger charge is 2.35. The van der Waals surface area contributed by atoms with E-state index in [-0.39, 0.29) is 17.3 Å². The Kier molecular flexibility index (Phi) is 5.05. The normalized spacial score (nSPS) is 25.8. The van der Waals surface area contributed by atoms with Gasteiger partial charge >= 0.3 is 0 Å². The number of rotatable bonds is 3. The molecule has 3 atom stereocenters. The van der Waals surface area contributed by atoms with E-state index in [1.807, 2.05) is 12.1 Å². The van der Waals surface area contributed by atoms with Gasteiger partial charge in [-0.15, -0.1) is 0 Å². The van der Waals surface area contributed by atoms with Gasteiger partial charge < -0.3 is 5.32 Å². The molecule has 1 saturated heterocycles. The lowest BCUT2D eigenvalue weighted by Crippen LogP contribution is -2.60. The predicted octanol–water partition coefficient (Wildman–Crippen LogP) is 3.99. The third-order valence-corrected chi connectivity index (χ3v) is 4.81. The highest BCUT2D eigenvalue weighted by atomic mass is 19.1. The third kappa shape index (κ3) is 3.83. The maximum atomic E-state index is 13.5. The van der Waals surface area contributed by atoms with Crippen LogP contribution in [0, 0.1) is 11.2 Å². The fraction of sp³-hybridized carbons (Fsp3) is 0.667. The van der Waals surface area contributed by atoms with Crippen molar-refractivity contribution in [3.05, 3.63) is 35.6 Å². The molecule has 21 heavy (non-hydrogen) atoms. The van der Waals surface area contributed by atoms with E-state index in [2.05, 4.69) is 44.8 Å². The van der Waals surface area contributed by atoms with E-state index in [1.165, 1.54) is 6.07 Å². The molecule has 0 aliphatic carbocycles. The van der Waals surface area contributed by atoms with E-state index in [9.17, 15) is 4.39 Å². The minimum absolute atomic E-state index is 0.144. The fourth-order valence-electron chi connectivity index (χ4n) is 3.21. The van der Waals surface area contributed by atoms with Crippen molar-refractivity contribution < 1.29 is 4.39 Å². The lowest BCUT2D eigenvalue weighted by Gasteiger charge is -2.47. The van der Waals surface area contributed by atoms with Gasteiger partial charge in [0.1, 0.15) is 5.82 Å². The molecular weight excluding hydrogens is 263 g/mol. The second-order valence-corrected chi connectivity index (χ2v) is 7.32. The molecule has 1 aliphatic rings. The summed E-state index contributed by atoms with van der Waals surface area (Å²) in [5.74, 6) is -0.144. The number of nitrogens with one attached hydrogen (secondary N) is 1. The minimum Gasteiger partial charge on any atom is -0.311 e. The largest absolute Gasteiger partial charge is 0.311 e. The average Bonchev–Trinajstić information content (AvgIpc) is 2.44. The molecule has 2 rings (SSSR count). The molecule has 1 aromatic rings. The number of benzene rings is 1. The van der Waals surface area contributed by atoms with Gasteiger partial charge in [0.05, 0.1) is 0 Å². The maximum Gasteiger partial charge on any atom is 0.123 e. The highest BCUT2D eigenvalue weighted by Crippen LogP contribution is 2.30. The van der Waals surface area contributed by atoms with Crippen LogP contribution in [-0.2, 0) is 0 Å². The first-order valence-corrected chi connectivity index (χ1v) is 8.07. The zero-order chi connectivity index (χ0) is 15.6. The second kappa shape index (κ2) is 6.45. The van der Waals surface area contributed by atoms with Gasteiger partial charge in [-0.3, -0.25) is 4.90 Å². The van der Waals surface area contributed by atoms with E-state index < -0.39 is 0 Å². The summed E-state index contributed by atoms with van der Waals surface area (Å²) < 4.78 is 13.5. The Morgan fingerprint density at radius 1 is 1.38 bits per heavy atom. The van der Waals surface area contributed by atoms with E-state index in [0.717, 1.165) is 25.1 Å². The van der Waals surface area contributed by atoms with Crippen LogP contribution in [0.4, 0.5) is 4.39 Å². The summed E-state index contributed by atoms with van der Waals surface area (Å²) in [6.07, 6.45) is 1.11. The van der Waals surface area contributed by atoms with Gasteiger partial charge in [0.15, 0.2) is 0 Å². The number of piperazine rings is 1. The van der Waals surface area contributed by atoms with E-state index >= 15 is 0 Å². The van der Waals surface area contributed by atoms with Crippen molar-refractivity contribution in [3.8, 4) is 0 Å². The van der Waals surface area contributed by atoms with Crippen molar-refractivity contribution in [2.75, 3.05) is 13.1 Å².